The molecule has 0 aliphatic carbocycles. The van der Waals surface area contributed by atoms with E-state index >= 15 is 0 Å². The van der Waals surface area contributed by atoms with E-state index in [1.54, 1.807) is 0 Å². The second-order valence-corrected chi connectivity index (χ2v) is 6.51. The number of carboxylic acids is 1. The van der Waals surface area contributed by atoms with Gasteiger partial charge >= 0.3 is 5.97 Å². The van der Waals surface area contributed by atoms with Crippen molar-refractivity contribution < 1.29 is 29.1 Å². The van der Waals surface area contributed by atoms with Crippen molar-refractivity contribution in [2.24, 2.45) is 27.9 Å². The van der Waals surface area contributed by atoms with E-state index < -0.39 is 60.7 Å². The molecule has 12 N–H and O–H groups in total. The molecule has 0 aromatic heterocycles. The molecule has 0 rings (SSSR count). The third-order valence-electron chi connectivity index (χ3n) is 3.57. The van der Waals surface area contributed by atoms with Gasteiger partial charge in [0.1, 0.15) is 12.1 Å². The van der Waals surface area contributed by atoms with Gasteiger partial charge in [0.2, 0.25) is 23.6 Å². The number of thiol groups is 1. The first-order chi connectivity index (χ1) is 14.0. The van der Waals surface area contributed by atoms with Gasteiger partial charge in [0.25, 0.3) is 0 Å². The van der Waals surface area contributed by atoms with Crippen LogP contribution in [-0.2, 0) is 24.0 Å². The lowest BCUT2D eigenvalue weighted by molar-refractivity contribution is -0.142. The highest BCUT2D eigenvalue weighted by atomic mass is 32.1. The minimum atomic E-state index is -1.44. The smallest absolute Gasteiger partial charge is 0.326 e. The molecular formula is C15H28N8O6S. The highest BCUT2D eigenvalue weighted by Crippen LogP contribution is 2.01. The zero-order chi connectivity index (χ0) is 23.3. The molecule has 0 aliphatic rings. The van der Waals surface area contributed by atoms with Gasteiger partial charge in [0, 0.05) is 12.3 Å². The monoisotopic (exact) mass is 448 g/mol. The Morgan fingerprint density at radius 1 is 1.00 bits per heavy atom. The Morgan fingerprint density at radius 2 is 1.63 bits per heavy atom. The third kappa shape index (κ3) is 11.7. The van der Waals surface area contributed by atoms with Crippen LogP contribution in [0.1, 0.15) is 19.3 Å². The summed E-state index contributed by atoms with van der Waals surface area (Å²) in [5, 5.41) is 15.9. The molecule has 0 radical (unpaired) electrons. The molecule has 14 nitrogen and oxygen atoms in total. The summed E-state index contributed by atoms with van der Waals surface area (Å²) in [6.45, 7) is -0.374. The van der Waals surface area contributed by atoms with Crippen LogP contribution in [0.25, 0.3) is 0 Å². The van der Waals surface area contributed by atoms with Crippen LogP contribution in [0, 0.1) is 0 Å². The Hall–Kier alpha value is -3.07. The van der Waals surface area contributed by atoms with Crippen molar-refractivity contribution in [2.45, 2.75) is 37.4 Å². The largest absolute Gasteiger partial charge is 0.480 e. The van der Waals surface area contributed by atoms with E-state index in [4.69, 9.17) is 22.9 Å². The van der Waals surface area contributed by atoms with E-state index in [9.17, 15) is 29.1 Å². The van der Waals surface area contributed by atoms with Crippen molar-refractivity contribution in [3.05, 3.63) is 0 Å². The predicted molar refractivity (Wildman–Crippen MR) is 110 cm³/mol. The van der Waals surface area contributed by atoms with Crippen LogP contribution in [0.2, 0.25) is 0 Å². The molecule has 0 saturated heterocycles. The molecule has 15 heteroatoms. The quantitative estimate of drug-likeness (QED) is 0.0534. The number of aliphatic imine (C=N–C) groups is 1. The van der Waals surface area contributed by atoms with E-state index in [1.165, 1.54) is 0 Å². The predicted octanol–water partition coefficient (Wildman–Crippen LogP) is -4.66. The van der Waals surface area contributed by atoms with Crippen molar-refractivity contribution in [1.82, 2.24) is 16.0 Å². The first-order valence-electron chi connectivity index (χ1n) is 8.78. The lowest BCUT2D eigenvalue weighted by atomic mass is 10.1. The Balaban J connectivity index is 4.92. The Labute approximate surface area is 178 Å². The molecule has 0 fully saturated rings. The van der Waals surface area contributed by atoms with Gasteiger partial charge < -0.3 is 44.0 Å². The normalized spacial score (nSPS) is 13.3. The summed E-state index contributed by atoms with van der Waals surface area (Å²) in [5.41, 5.74) is 20.9. The minimum absolute atomic E-state index is 0.00718. The molecule has 30 heavy (non-hydrogen) atoms. The van der Waals surface area contributed by atoms with Crippen molar-refractivity contribution in [3.63, 3.8) is 0 Å². The van der Waals surface area contributed by atoms with Crippen molar-refractivity contribution in [3.8, 4) is 0 Å². The summed E-state index contributed by atoms with van der Waals surface area (Å²) in [5.74, 6) is -4.72. The zero-order valence-electron chi connectivity index (χ0n) is 16.2. The van der Waals surface area contributed by atoms with Gasteiger partial charge in [-0.15, -0.1) is 0 Å². The number of amides is 4. The fraction of sp³-hybridized carbons (Fsp3) is 0.600. The van der Waals surface area contributed by atoms with Gasteiger partial charge in [-0.3, -0.25) is 24.2 Å². The lowest BCUT2D eigenvalue weighted by Gasteiger charge is -2.21. The number of hydrogen-bond donors (Lipinski definition) is 9. The number of carboxylic acid groups (broad SMARTS) is 1. The number of aliphatic carboxylic acids is 1. The number of nitrogens with one attached hydrogen (secondary N) is 3. The third-order valence-corrected chi connectivity index (χ3v) is 3.97. The first kappa shape index (κ1) is 26.9. The maximum Gasteiger partial charge on any atom is 0.326 e. The highest BCUT2D eigenvalue weighted by molar-refractivity contribution is 7.80. The van der Waals surface area contributed by atoms with Crippen LogP contribution in [-0.4, -0.2) is 77.6 Å². The van der Waals surface area contributed by atoms with Crippen LogP contribution in [0.5, 0.6) is 0 Å². The number of hydrogen-bond acceptors (Lipinski definition) is 8. The molecule has 4 amide bonds. The number of guanidine groups is 1. The fourth-order valence-corrected chi connectivity index (χ4v) is 2.24. The van der Waals surface area contributed by atoms with E-state index in [0.717, 1.165) is 0 Å². The minimum Gasteiger partial charge on any atom is -0.480 e. The Kier molecular flexibility index (Phi) is 12.6. The summed E-state index contributed by atoms with van der Waals surface area (Å²) in [7, 11) is 0. The van der Waals surface area contributed by atoms with Gasteiger partial charge in [0.05, 0.1) is 19.0 Å². The molecule has 170 valence electrons. The van der Waals surface area contributed by atoms with Gasteiger partial charge in [-0.05, 0) is 12.8 Å². The van der Waals surface area contributed by atoms with Crippen molar-refractivity contribution >= 4 is 48.2 Å². The summed E-state index contributed by atoms with van der Waals surface area (Å²) in [6, 6.07) is -3.68. The number of rotatable bonds is 14. The molecule has 0 saturated carbocycles. The summed E-state index contributed by atoms with van der Waals surface area (Å²) >= 11 is 3.85. The van der Waals surface area contributed by atoms with Crippen LogP contribution in [0.15, 0.2) is 4.99 Å². The number of primary amides is 1. The summed E-state index contributed by atoms with van der Waals surface area (Å²) < 4.78 is 0. The Morgan fingerprint density at radius 3 is 2.13 bits per heavy atom. The van der Waals surface area contributed by atoms with E-state index in [0.29, 0.717) is 0 Å². The molecule has 0 heterocycles. The van der Waals surface area contributed by atoms with Gasteiger partial charge in [0.15, 0.2) is 5.96 Å². The standard InChI is InChI=1S/C15H28N8O6S/c16-7(6-30)12(26)21-5-11(25)22-9(4-10(17)24)13(27)23-8(14(28)29)2-1-3-20-15(18)19/h7-9,30H,1-6,16H2,(H2,17,24)(H,21,26)(H,22,25)(H,23,27)(H,28,29)(H4,18,19,20). The number of carbonyl (C=O) groups excluding carboxylic acids is 4. The van der Waals surface area contributed by atoms with Crippen LogP contribution in [0.4, 0.5) is 0 Å². The average molecular weight is 449 g/mol. The van der Waals surface area contributed by atoms with Crippen molar-refractivity contribution in [1.29, 1.82) is 0 Å². The summed E-state index contributed by atoms with van der Waals surface area (Å²) in [4.78, 5) is 62.2. The van der Waals surface area contributed by atoms with Gasteiger partial charge in [-0.25, -0.2) is 4.79 Å². The lowest BCUT2D eigenvalue weighted by Crippen LogP contribution is -2.54. The molecule has 0 spiro atoms. The molecular weight excluding hydrogens is 420 g/mol. The maximum atomic E-state index is 12.4. The topological polar surface area (TPSA) is 258 Å². The van der Waals surface area contributed by atoms with Gasteiger partial charge in [-0.2, -0.15) is 12.6 Å². The molecule has 3 unspecified atom stereocenters. The van der Waals surface area contributed by atoms with Crippen molar-refractivity contribution in [2.75, 3.05) is 18.8 Å². The highest BCUT2D eigenvalue weighted by Gasteiger charge is 2.27. The maximum absolute atomic E-state index is 12.4. The fourth-order valence-electron chi connectivity index (χ4n) is 2.07. The molecule has 3 atom stereocenters. The first-order valence-corrected chi connectivity index (χ1v) is 9.41. The van der Waals surface area contributed by atoms with Crippen LogP contribution < -0.4 is 38.9 Å². The van der Waals surface area contributed by atoms with E-state index in [-0.39, 0.29) is 31.1 Å². The summed E-state index contributed by atoms with van der Waals surface area (Å²) in [6.07, 6.45) is -0.339. The molecule has 0 aliphatic heterocycles. The van der Waals surface area contributed by atoms with Crippen LogP contribution in [0.3, 0.4) is 0 Å². The number of carbonyl (C=O) groups is 5. The molecule has 0 aromatic carbocycles. The molecule has 0 aromatic rings. The average Bonchev–Trinajstić information content (AvgIpc) is 2.66. The molecule has 0 bridgehead atoms. The second-order valence-electron chi connectivity index (χ2n) is 6.15. The number of nitrogens with two attached hydrogens (primary N) is 4. The zero-order valence-corrected chi connectivity index (χ0v) is 17.1. The number of nitrogens with zero attached hydrogens (tertiary/aromatic N) is 1. The van der Waals surface area contributed by atoms with Gasteiger partial charge in [-0.1, -0.05) is 0 Å². The van der Waals surface area contributed by atoms with Crippen LogP contribution >= 0.6 is 12.6 Å². The Bertz CT molecular complexity index is 670. The second kappa shape index (κ2) is 14.0. The van der Waals surface area contributed by atoms with E-state index in [2.05, 4.69) is 33.6 Å². The SMILES string of the molecule is NC(=O)CC(NC(=O)CNC(=O)C(N)CS)C(=O)NC(CCCN=C(N)N)C(=O)O. The van der Waals surface area contributed by atoms with E-state index in [1.807, 2.05) is 0 Å².